The fourth-order valence-corrected chi connectivity index (χ4v) is 1.74. The van der Waals surface area contributed by atoms with E-state index in [1.165, 1.54) is 0 Å². The summed E-state index contributed by atoms with van der Waals surface area (Å²) in [5.74, 6) is -0.194. The number of carbonyl (C=O) groups is 1. The van der Waals surface area contributed by atoms with Crippen molar-refractivity contribution in [1.29, 1.82) is 0 Å². The molecule has 1 unspecified atom stereocenters. The van der Waals surface area contributed by atoms with Crippen LogP contribution in [0, 0.1) is 0 Å². The van der Waals surface area contributed by atoms with E-state index in [9.17, 15) is 4.79 Å². The first-order valence-electron chi connectivity index (χ1n) is 5.49. The van der Waals surface area contributed by atoms with Crippen molar-refractivity contribution in [2.75, 3.05) is 0 Å². The van der Waals surface area contributed by atoms with Crippen LogP contribution in [0.15, 0.2) is 48.7 Å². The summed E-state index contributed by atoms with van der Waals surface area (Å²) in [6, 6.07) is 13.2. The third-order valence-corrected chi connectivity index (χ3v) is 2.83. The second kappa shape index (κ2) is 4.78. The lowest BCUT2D eigenvalue weighted by Crippen LogP contribution is -2.10. The lowest BCUT2D eigenvalue weighted by molar-refractivity contribution is 0.100. The van der Waals surface area contributed by atoms with Crippen LogP contribution >= 0.6 is 0 Å². The smallest absolute Gasteiger partial charge is 0.248 e. The molecule has 0 saturated carbocycles. The van der Waals surface area contributed by atoms with Gasteiger partial charge in [-0.15, -0.1) is 0 Å². The Labute approximate surface area is 100 Å². The van der Waals surface area contributed by atoms with Crippen LogP contribution in [-0.2, 0) is 0 Å². The van der Waals surface area contributed by atoms with E-state index in [0.717, 1.165) is 11.3 Å². The number of primary amides is 1. The monoisotopic (exact) mass is 226 g/mol. The van der Waals surface area contributed by atoms with Crippen LogP contribution in [0.2, 0.25) is 0 Å². The SMILES string of the molecule is CC(c1ccc(C(N)=O)cc1)c1ccccn1. The van der Waals surface area contributed by atoms with Crippen LogP contribution in [0.3, 0.4) is 0 Å². The molecular weight excluding hydrogens is 212 g/mol. The van der Waals surface area contributed by atoms with Crippen LogP contribution < -0.4 is 5.73 Å². The van der Waals surface area contributed by atoms with Gasteiger partial charge in [0, 0.05) is 23.4 Å². The maximum atomic E-state index is 11.0. The molecule has 2 rings (SSSR count). The van der Waals surface area contributed by atoms with Gasteiger partial charge in [-0.3, -0.25) is 9.78 Å². The molecule has 1 atom stereocenters. The van der Waals surface area contributed by atoms with Crippen molar-refractivity contribution in [3.8, 4) is 0 Å². The van der Waals surface area contributed by atoms with Crippen molar-refractivity contribution in [1.82, 2.24) is 4.98 Å². The number of carbonyl (C=O) groups excluding carboxylic acids is 1. The molecule has 1 heterocycles. The van der Waals surface area contributed by atoms with Gasteiger partial charge in [-0.2, -0.15) is 0 Å². The van der Waals surface area contributed by atoms with Gasteiger partial charge in [-0.25, -0.2) is 0 Å². The number of rotatable bonds is 3. The van der Waals surface area contributed by atoms with Gasteiger partial charge in [-0.05, 0) is 29.8 Å². The predicted octanol–water partition coefficient (Wildman–Crippen LogP) is 2.33. The Morgan fingerprint density at radius 2 is 1.88 bits per heavy atom. The van der Waals surface area contributed by atoms with Crippen LogP contribution in [0.1, 0.15) is 34.5 Å². The third kappa shape index (κ3) is 2.50. The molecule has 2 aromatic rings. The molecule has 1 amide bonds. The van der Waals surface area contributed by atoms with Crippen molar-refractivity contribution in [2.45, 2.75) is 12.8 Å². The van der Waals surface area contributed by atoms with Crippen molar-refractivity contribution in [2.24, 2.45) is 5.73 Å². The first kappa shape index (κ1) is 11.3. The molecule has 0 aliphatic rings. The zero-order chi connectivity index (χ0) is 12.3. The van der Waals surface area contributed by atoms with E-state index in [1.807, 2.05) is 30.3 Å². The maximum absolute atomic E-state index is 11.0. The molecule has 86 valence electrons. The van der Waals surface area contributed by atoms with Crippen LogP contribution in [0.25, 0.3) is 0 Å². The van der Waals surface area contributed by atoms with Gasteiger partial charge in [0.15, 0.2) is 0 Å². The molecule has 0 aliphatic heterocycles. The molecule has 2 N–H and O–H groups in total. The van der Waals surface area contributed by atoms with Gasteiger partial charge in [0.25, 0.3) is 0 Å². The highest BCUT2D eigenvalue weighted by molar-refractivity contribution is 5.92. The average Bonchev–Trinajstić information content (AvgIpc) is 2.39. The zero-order valence-corrected chi connectivity index (χ0v) is 9.63. The van der Waals surface area contributed by atoms with E-state index in [-0.39, 0.29) is 5.92 Å². The quantitative estimate of drug-likeness (QED) is 0.873. The normalized spacial score (nSPS) is 12.1. The molecule has 0 fully saturated rings. The minimum absolute atomic E-state index is 0.207. The Hall–Kier alpha value is -2.16. The fourth-order valence-electron chi connectivity index (χ4n) is 1.74. The fraction of sp³-hybridized carbons (Fsp3) is 0.143. The lowest BCUT2D eigenvalue weighted by atomic mass is 9.96. The number of pyridine rings is 1. The summed E-state index contributed by atoms with van der Waals surface area (Å²) < 4.78 is 0. The predicted molar refractivity (Wildman–Crippen MR) is 66.7 cm³/mol. The maximum Gasteiger partial charge on any atom is 0.248 e. The van der Waals surface area contributed by atoms with Crippen molar-refractivity contribution in [3.63, 3.8) is 0 Å². The minimum atomic E-state index is -0.401. The van der Waals surface area contributed by atoms with E-state index in [4.69, 9.17) is 5.73 Å². The Morgan fingerprint density at radius 3 is 2.41 bits per heavy atom. The van der Waals surface area contributed by atoms with Crippen molar-refractivity contribution in [3.05, 3.63) is 65.5 Å². The molecule has 0 saturated heterocycles. The van der Waals surface area contributed by atoms with Crippen LogP contribution in [0.4, 0.5) is 0 Å². The highest BCUT2D eigenvalue weighted by Crippen LogP contribution is 2.22. The highest BCUT2D eigenvalue weighted by atomic mass is 16.1. The van der Waals surface area contributed by atoms with E-state index in [1.54, 1.807) is 18.3 Å². The minimum Gasteiger partial charge on any atom is -0.366 e. The van der Waals surface area contributed by atoms with Crippen LogP contribution in [0.5, 0.6) is 0 Å². The standard InChI is InChI=1S/C14H14N2O/c1-10(13-4-2-3-9-16-13)11-5-7-12(8-6-11)14(15)17/h2-10H,1H3,(H2,15,17). The molecule has 0 bridgehead atoms. The molecule has 1 aromatic heterocycles. The second-order valence-corrected chi connectivity index (χ2v) is 3.96. The van der Waals surface area contributed by atoms with Gasteiger partial charge >= 0.3 is 0 Å². The second-order valence-electron chi connectivity index (χ2n) is 3.96. The summed E-state index contributed by atoms with van der Waals surface area (Å²) in [6.07, 6.45) is 1.78. The van der Waals surface area contributed by atoms with E-state index in [0.29, 0.717) is 5.56 Å². The Morgan fingerprint density at radius 1 is 1.18 bits per heavy atom. The molecule has 0 aliphatic carbocycles. The molecule has 3 nitrogen and oxygen atoms in total. The Kier molecular flexibility index (Phi) is 3.19. The van der Waals surface area contributed by atoms with Gasteiger partial charge in [0.05, 0.1) is 0 Å². The molecule has 0 radical (unpaired) electrons. The Bertz CT molecular complexity index is 506. The molecule has 0 spiro atoms. The van der Waals surface area contributed by atoms with Gasteiger partial charge in [-0.1, -0.05) is 25.1 Å². The Balaban J connectivity index is 2.26. The van der Waals surface area contributed by atoms with Crippen LogP contribution in [-0.4, -0.2) is 10.9 Å². The number of nitrogens with zero attached hydrogens (tertiary/aromatic N) is 1. The first-order chi connectivity index (χ1) is 8.18. The molecule has 1 aromatic carbocycles. The number of hydrogen-bond acceptors (Lipinski definition) is 2. The number of nitrogens with two attached hydrogens (primary N) is 1. The first-order valence-corrected chi connectivity index (χ1v) is 5.49. The summed E-state index contributed by atoms with van der Waals surface area (Å²) in [5.41, 5.74) is 7.86. The third-order valence-electron chi connectivity index (χ3n) is 2.83. The van der Waals surface area contributed by atoms with E-state index < -0.39 is 5.91 Å². The van der Waals surface area contributed by atoms with Crippen molar-refractivity contribution < 1.29 is 4.79 Å². The van der Waals surface area contributed by atoms with Gasteiger partial charge in [0.1, 0.15) is 0 Å². The van der Waals surface area contributed by atoms with E-state index >= 15 is 0 Å². The summed E-state index contributed by atoms with van der Waals surface area (Å²) in [7, 11) is 0. The largest absolute Gasteiger partial charge is 0.366 e. The number of hydrogen-bond donors (Lipinski definition) is 1. The number of benzene rings is 1. The number of amides is 1. The molecular formula is C14H14N2O. The summed E-state index contributed by atoms with van der Waals surface area (Å²) >= 11 is 0. The summed E-state index contributed by atoms with van der Waals surface area (Å²) in [4.78, 5) is 15.3. The molecule has 17 heavy (non-hydrogen) atoms. The van der Waals surface area contributed by atoms with Gasteiger partial charge in [0.2, 0.25) is 5.91 Å². The lowest BCUT2D eigenvalue weighted by Gasteiger charge is -2.11. The molecule has 3 heteroatoms. The number of aromatic nitrogens is 1. The summed E-state index contributed by atoms with van der Waals surface area (Å²) in [5, 5.41) is 0. The van der Waals surface area contributed by atoms with Gasteiger partial charge < -0.3 is 5.73 Å². The zero-order valence-electron chi connectivity index (χ0n) is 9.63. The summed E-state index contributed by atoms with van der Waals surface area (Å²) in [6.45, 7) is 2.08. The topological polar surface area (TPSA) is 56.0 Å². The average molecular weight is 226 g/mol. The highest BCUT2D eigenvalue weighted by Gasteiger charge is 2.09. The van der Waals surface area contributed by atoms with Crippen molar-refractivity contribution >= 4 is 5.91 Å². The van der Waals surface area contributed by atoms with E-state index in [2.05, 4.69) is 11.9 Å².